The first-order valence-electron chi connectivity index (χ1n) is 19.0. The molecular formula is C38H82Cl2N2. The van der Waals surface area contributed by atoms with E-state index in [-0.39, 0.29) is 24.8 Å². The third-order valence-electron chi connectivity index (χ3n) is 9.51. The average molecular weight is 638 g/mol. The monoisotopic (exact) mass is 637 g/mol. The molecule has 4 heteroatoms. The zero-order chi connectivity index (χ0) is 29.6. The number of halogens is 2. The molecule has 0 aromatic rings. The largest absolute Gasteiger partial charge is 1.00 e. The molecule has 0 saturated carbocycles. The smallest absolute Gasteiger partial charge is 0.0782 e. The molecule has 2 nitrogen and oxygen atoms in total. The molecule has 0 aliphatic heterocycles. The van der Waals surface area contributed by atoms with Crippen LogP contribution >= 0.6 is 0 Å². The number of nitrogens with zero attached hydrogens (tertiary/aromatic N) is 2. The first-order valence-corrected chi connectivity index (χ1v) is 19.0. The van der Waals surface area contributed by atoms with Gasteiger partial charge in [-0.1, -0.05) is 142 Å². The molecule has 0 aliphatic carbocycles. The summed E-state index contributed by atoms with van der Waals surface area (Å²) in [7, 11) is 9.86. The number of hydrogen-bond acceptors (Lipinski definition) is 0. The van der Waals surface area contributed by atoms with Crippen molar-refractivity contribution in [2.45, 2.75) is 194 Å². The predicted molar refractivity (Wildman–Crippen MR) is 184 cm³/mol. The van der Waals surface area contributed by atoms with E-state index in [1.807, 2.05) is 0 Å². The second-order valence-corrected chi connectivity index (χ2v) is 15.0. The SMILES string of the molecule is CCCCCCCCCCCCCC[N+](C)(C)CCCCCC[N+](C)(C)CCCCCCCCCCCCCC.[Cl-].[Cl-]. The van der Waals surface area contributed by atoms with E-state index in [1.165, 1.54) is 215 Å². The highest BCUT2D eigenvalue weighted by Gasteiger charge is 2.15. The quantitative estimate of drug-likeness (QED) is 0.0602. The second kappa shape index (κ2) is 34.4. The van der Waals surface area contributed by atoms with Crippen molar-refractivity contribution in [3.05, 3.63) is 0 Å². The fourth-order valence-electron chi connectivity index (χ4n) is 6.42. The molecule has 0 radical (unpaired) electrons. The van der Waals surface area contributed by atoms with E-state index in [9.17, 15) is 0 Å². The Hall–Kier alpha value is 0.500. The van der Waals surface area contributed by atoms with Gasteiger partial charge in [-0.2, -0.15) is 0 Å². The van der Waals surface area contributed by atoms with Gasteiger partial charge in [-0.3, -0.25) is 0 Å². The number of hydrogen-bond donors (Lipinski definition) is 0. The van der Waals surface area contributed by atoms with Crippen molar-refractivity contribution in [2.75, 3.05) is 54.4 Å². The number of rotatable bonds is 33. The molecule has 0 spiro atoms. The maximum absolute atomic E-state index is 2.47. The summed E-state index contributed by atoms with van der Waals surface area (Å²) in [6.45, 7) is 10.1. The van der Waals surface area contributed by atoms with Crippen LogP contribution in [-0.4, -0.2) is 63.3 Å². The Kier molecular flexibility index (Phi) is 38.4. The van der Waals surface area contributed by atoms with Crippen LogP contribution in [0, 0.1) is 0 Å². The second-order valence-electron chi connectivity index (χ2n) is 15.0. The maximum atomic E-state index is 2.47. The van der Waals surface area contributed by atoms with E-state index in [0.29, 0.717) is 0 Å². The first kappa shape index (κ1) is 46.9. The minimum atomic E-state index is 0. The lowest BCUT2D eigenvalue weighted by molar-refractivity contribution is -0.891. The van der Waals surface area contributed by atoms with E-state index in [1.54, 1.807) is 0 Å². The summed E-state index contributed by atoms with van der Waals surface area (Å²) >= 11 is 0. The van der Waals surface area contributed by atoms with Crippen LogP contribution in [0.15, 0.2) is 0 Å². The third-order valence-corrected chi connectivity index (χ3v) is 9.51. The molecule has 0 aromatic heterocycles. The summed E-state index contributed by atoms with van der Waals surface area (Å²) in [5, 5.41) is 0. The van der Waals surface area contributed by atoms with Gasteiger partial charge < -0.3 is 33.8 Å². The van der Waals surface area contributed by atoms with Crippen molar-refractivity contribution < 1.29 is 33.8 Å². The third kappa shape index (κ3) is 36.7. The van der Waals surface area contributed by atoms with Gasteiger partial charge in [0.2, 0.25) is 0 Å². The highest BCUT2D eigenvalue weighted by atomic mass is 35.5. The Morgan fingerprint density at radius 1 is 0.238 bits per heavy atom. The molecule has 0 bridgehead atoms. The van der Waals surface area contributed by atoms with Crippen molar-refractivity contribution in [3.8, 4) is 0 Å². The molecule has 0 saturated heterocycles. The van der Waals surface area contributed by atoms with Gasteiger partial charge in [0, 0.05) is 0 Å². The molecule has 0 rings (SSSR count). The van der Waals surface area contributed by atoms with Gasteiger partial charge in [-0.05, 0) is 51.4 Å². The number of quaternary nitrogens is 2. The fraction of sp³-hybridized carbons (Fsp3) is 1.00. The van der Waals surface area contributed by atoms with Gasteiger partial charge in [0.15, 0.2) is 0 Å². The van der Waals surface area contributed by atoms with Gasteiger partial charge in [0.1, 0.15) is 0 Å². The van der Waals surface area contributed by atoms with Crippen LogP contribution in [0.5, 0.6) is 0 Å². The summed E-state index contributed by atoms with van der Waals surface area (Å²) in [6, 6.07) is 0. The molecule has 0 unspecified atom stereocenters. The van der Waals surface area contributed by atoms with Crippen molar-refractivity contribution in [2.24, 2.45) is 0 Å². The van der Waals surface area contributed by atoms with Crippen molar-refractivity contribution in [3.63, 3.8) is 0 Å². The molecule has 0 fully saturated rings. The van der Waals surface area contributed by atoms with Crippen molar-refractivity contribution in [1.82, 2.24) is 0 Å². The van der Waals surface area contributed by atoms with Crippen LogP contribution in [0.2, 0.25) is 0 Å². The Labute approximate surface area is 280 Å². The predicted octanol–water partition coefficient (Wildman–Crippen LogP) is 6.11. The molecule has 0 aliphatic rings. The van der Waals surface area contributed by atoms with Gasteiger partial charge >= 0.3 is 0 Å². The Balaban J connectivity index is -0.00000760. The minimum absolute atomic E-state index is 0. The summed E-state index contributed by atoms with van der Waals surface area (Å²) in [4.78, 5) is 0. The van der Waals surface area contributed by atoms with Crippen LogP contribution in [0.1, 0.15) is 194 Å². The lowest BCUT2D eigenvalue weighted by atomic mass is 10.0. The van der Waals surface area contributed by atoms with E-state index in [0.717, 1.165) is 0 Å². The summed E-state index contributed by atoms with van der Waals surface area (Å²) in [5.41, 5.74) is 0. The topological polar surface area (TPSA) is 0 Å². The van der Waals surface area contributed by atoms with Gasteiger partial charge in [0.05, 0.1) is 54.4 Å². The Morgan fingerprint density at radius 2 is 0.381 bits per heavy atom. The van der Waals surface area contributed by atoms with Crippen LogP contribution in [0.4, 0.5) is 0 Å². The van der Waals surface area contributed by atoms with Crippen LogP contribution < -0.4 is 24.8 Å². The Morgan fingerprint density at radius 3 is 0.548 bits per heavy atom. The average Bonchev–Trinajstić information content (AvgIpc) is 2.91. The fourth-order valence-corrected chi connectivity index (χ4v) is 6.42. The van der Waals surface area contributed by atoms with Crippen molar-refractivity contribution in [1.29, 1.82) is 0 Å². The van der Waals surface area contributed by atoms with E-state index >= 15 is 0 Å². The molecule has 0 aromatic carbocycles. The summed E-state index contributed by atoms with van der Waals surface area (Å²) in [5.74, 6) is 0. The molecular weight excluding hydrogens is 555 g/mol. The molecule has 42 heavy (non-hydrogen) atoms. The number of unbranched alkanes of at least 4 members (excludes halogenated alkanes) is 25. The summed E-state index contributed by atoms with van der Waals surface area (Å²) < 4.78 is 2.47. The van der Waals surface area contributed by atoms with Crippen LogP contribution in [-0.2, 0) is 0 Å². The lowest BCUT2D eigenvalue weighted by Crippen LogP contribution is -3.00. The van der Waals surface area contributed by atoms with Gasteiger partial charge in [0.25, 0.3) is 0 Å². The van der Waals surface area contributed by atoms with Gasteiger partial charge in [-0.25, -0.2) is 0 Å². The molecule has 0 N–H and O–H groups in total. The molecule has 258 valence electrons. The van der Waals surface area contributed by atoms with Gasteiger partial charge in [-0.15, -0.1) is 0 Å². The zero-order valence-corrected chi connectivity index (χ0v) is 31.8. The molecule has 0 atom stereocenters. The van der Waals surface area contributed by atoms with Crippen LogP contribution in [0.25, 0.3) is 0 Å². The standard InChI is InChI=1S/C38H82N2.2ClH/c1-7-9-11-13-15-17-19-21-23-25-27-31-35-39(3,4)37-33-29-30-34-38-40(5,6)36-32-28-26-24-22-20-18-16-14-12-10-8-2;;/h7-38H2,1-6H3;2*1H/q+2;;/p-2. The minimum Gasteiger partial charge on any atom is -1.00 e. The summed E-state index contributed by atoms with van der Waals surface area (Å²) in [6.07, 6.45) is 40.6. The highest BCUT2D eigenvalue weighted by molar-refractivity contribution is 4.51. The van der Waals surface area contributed by atoms with Crippen molar-refractivity contribution >= 4 is 0 Å². The van der Waals surface area contributed by atoms with E-state index in [2.05, 4.69) is 42.0 Å². The maximum Gasteiger partial charge on any atom is 0.0782 e. The highest BCUT2D eigenvalue weighted by Crippen LogP contribution is 2.15. The van der Waals surface area contributed by atoms with E-state index in [4.69, 9.17) is 0 Å². The molecule has 0 amide bonds. The van der Waals surface area contributed by atoms with Crippen LogP contribution in [0.3, 0.4) is 0 Å². The molecule has 0 heterocycles. The van der Waals surface area contributed by atoms with E-state index < -0.39 is 0 Å². The zero-order valence-electron chi connectivity index (χ0n) is 30.3. The first-order chi connectivity index (χ1) is 19.3. The lowest BCUT2D eigenvalue weighted by Gasteiger charge is -2.31. The normalized spacial score (nSPS) is 11.9. The Bertz CT molecular complexity index is 451.